The number of hydrogen-bond acceptors (Lipinski definition) is 2. The molecule has 2 atom stereocenters. The van der Waals surface area contributed by atoms with Crippen molar-refractivity contribution in [2.75, 3.05) is 6.61 Å². The first-order valence-corrected chi connectivity index (χ1v) is 15.9. The van der Waals surface area contributed by atoms with Gasteiger partial charge in [-0.15, -0.1) is 0 Å². The van der Waals surface area contributed by atoms with E-state index in [9.17, 15) is 4.79 Å². The molecule has 0 bridgehead atoms. The van der Waals surface area contributed by atoms with Gasteiger partial charge in [0.25, 0.3) is 0 Å². The van der Waals surface area contributed by atoms with Crippen LogP contribution in [0.3, 0.4) is 0 Å². The summed E-state index contributed by atoms with van der Waals surface area (Å²) < 4.78 is 5.94. The Morgan fingerprint density at radius 1 is 0.611 bits per heavy atom. The molecule has 1 rings (SSSR count). The molecule has 0 N–H and O–H groups in total. The van der Waals surface area contributed by atoms with E-state index < -0.39 is 0 Å². The van der Waals surface area contributed by atoms with Crippen LogP contribution in [0.5, 0.6) is 0 Å². The van der Waals surface area contributed by atoms with Crippen LogP contribution in [-0.4, -0.2) is 12.6 Å². The van der Waals surface area contributed by atoms with E-state index in [1.807, 2.05) is 18.2 Å². The fourth-order valence-corrected chi connectivity index (χ4v) is 5.32. The fraction of sp³-hybridized carbons (Fsp3) is 0.794. The molecule has 0 radical (unpaired) electrons. The van der Waals surface area contributed by atoms with Crippen LogP contribution >= 0.6 is 0 Å². The van der Waals surface area contributed by atoms with Gasteiger partial charge in [-0.05, 0) is 30.7 Å². The largest absolute Gasteiger partial charge is 0.465 e. The number of hydrogen-bond donors (Lipinski definition) is 0. The van der Waals surface area contributed by atoms with Crippen molar-refractivity contribution in [3.05, 3.63) is 35.9 Å². The van der Waals surface area contributed by atoms with Gasteiger partial charge in [0.2, 0.25) is 0 Å². The predicted octanol–water partition coefficient (Wildman–Crippen LogP) is 11.2. The number of ether oxygens (including phenoxy) is 1. The molecule has 0 aromatic heterocycles. The Hall–Kier alpha value is -1.31. The van der Waals surface area contributed by atoms with Crippen LogP contribution in [0.15, 0.2) is 30.3 Å². The molecule has 0 aliphatic carbocycles. The summed E-state index contributed by atoms with van der Waals surface area (Å²) in [6, 6.07) is 10.1. The minimum absolute atomic E-state index is 0.0345. The molecule has 0 aliphatic rings. The maximum Gasteiger partial charge on any atom is 0.313 e. The zero-order valence-corrected chi connectivity index (χ0v) is 24.4. The molecule has 0 saturated carbocycles. The molecule has 1 aromatic rings. The molecule has 0 aliphatic heterocycles. The van der Waals surface area contributed by atoms with Crippen molar-refractivity contribution >= 4 is 5.97 Å². The van der Waals surface area contributed by atoms with Crippen LogP contribution in [0, 0.1) is 5.92 Å². The van der Waals surface area contributed by atoms with Crippen LogP contribution in [0.25, 0.3) is 0 Å². The molecule has 2 unspecified atom stereocenters. The topological polar surface area (TPSA) is 26.3 Å². The van der Waals surface area contributed by atoms with Crippen LogP contribution in [0.4, 0.5) is 0 Å². The van der Waals surface area contributed by atoms with E-state index in [0.29, 0.717) is 12.5 Å². The Bertz CT molecular complexity index is 596. The summed E-state index contributed by atoms with van der Waals surface area (Å²) in [4.78, 5) is 12.9. The van der Waals surface area contributed by atoms with Crippen molar-refractivity contribution in [2.45, 2.75) is 162 Å². The zero-order valence-electron chi connectivity index (χ0n) is 24.4. The molecule has 0 spiro atoms. The third kappa shape index (κ3) is 17.2. The molecular weight excluding hydrogens is 440 g/mol. The third-order valence-corrected chi connectivity index (χ3v) is 7.79. The number of unbranched alkanes of at least 4 members (excludes halogenated alkanes) is 16. The van der Waals surface area contributed by atoms with E-state index in [0.717, 1.165) is 12.0 Å². The van der Waals surface area contributed by atoms with Crippen LogP contribution in [0.2, 0.25) is 0 Å². The Labute approximate surface area is 225 Å². The summed E-state index contributed by atoms with van der Waals surface area (Å²) >= 11 is 0. The highest BCUT2D eigenvalue weighted by atomic mass is 16.5. The molecule has 0 heterocycles. The van der Waals surface area contributed by atoms with Gasteiger partial charge >= 0.3 is 5.97 Å². The van der Waals surface area contributed by atoms with E-state index >= 15 is 0 Å². The van der Waals surface area contributed by atoms with E-state index in [1.165, 1.54) is 128 Å². The Morgan fingerprint density at radius 3 is 1.44 bits per heavy atom. The lowest BCUT2D eigenvalue weighted by atomic mass is 9.94. The molecule has 2 nitrogen and oxygen atoms in total. The van der Waals surface area contributed by atoms with Crippen molar-refractivity contribution in [3.63, 3.8) is 0 Å². The lowest BCUT2D eigenvalue weighted by Gasteiger charge is -2.20. The molecule has 1 aromatic carbocycles. The Kier molecular flexibility index (Phi) is 21.9. The van der Waals surface area contributed by atoms with E-state index in [4.69, 9.17) is 4.74 Å². The molecule has 0 saturated heterocycles. The van der Waals surface area contributed by atoms with Gasteiger partial charge in [-0.2, -0.15) is 0 Å². The first kappa shape index (κ1) is 32.7. The first-order valence-electron chi connectivity index (χ1n) is 15.9. The summed E-state index contributed by atoms with van der Waals surface area (Å²) in [5.74, 6) is 0.358. The third-order valence-electron chi connectivity index (χ3n) is 7.79. The second-order valence-corrected chi connectivity index (χ2v) is 11.1. The average Bonchev–Trinajstić information content (AvgIpc) is 2.90. The van der Waals surface area contributed by atoms with Gasteiger partial charge in [0.05, 0.1) is 12.5 Å². The number of carbonyl (C=O) groups excluding carboxylic acids is 1. The summed E-state index contributed by atoms with van der Waals surface area (Å²) in [5, 5.41) is 0. The molecule has 2 heteroatoms. The van der Waals surface area contributed by atoms with Gasteiger partial charge in [0.1, 0.15) is 0 Å². The minimum atomic E-state index is -0.132. The van der Waals surface area contributed by atoms with Gasteiger partial charge in [0, 0.05) is 0 Å². The van der Waals surface area contributed by atoms with Crippen LogP contribution < -0.4 is 0 Å². The van der Waals surface area contributed by atoms with Crippen LogP contribution in [-0.2, 0) is 9.53 Å². The van der Waals surface area contributed by atoms with E-state index in [-0.39, 0.29) is 11.9 Å². The predicted molar refractivity (Wildman–Crippen MR) is 158 cm³/mol. The fourth-order valence-electron chi connectivity index (χ4n) is 5.32. The lowest BCUT2D eigenvalue weighted by molar-refractivity contribution is -0.147. The highest BCUT2D eigenvalue weighted by Gasteiger charge is 2.21. The second-order valence-electron chi connectivity index (χ2n) is 11.1. The first-order chi connectivity index (χ1) is 17.7. The Morgan fingerprint density at radius 2 is 1.03 bits per heavy atom. The Balaban J connectivity index is 2.35. The van der Waals surface area contributed by atoms with Crippen molar-refractivity contribution in [1.82, 2.24) is 0 Å². The summed E-state index contributed by atoms with van der Waals surface area (Å²) in [7, 11) is 0. The lowest BCUT2D eigenvalue weighted by Crippen LogP contribution is -2.20. The summed E-state index contributed by atoms with van der Waals surface area (Å²) in [6.45, 7) is 7.26. The molecule has 0 fully saturated rings. The van der Waals surface area contributed by atoms with Crippen molar-refractivity contribution < 1.29 is 9.53 Å². The molecule has 0 amide bonds. The SMILES string of the molecule is CCCCCCCCCCCCC(CCCCCCCCCC)COC(=O)C(CC)c1ccccc1. The molecular formula is C34H60O2. The van der Waals surface area contributed by atoms with E-state index in [2.05, 4.69) is 32.9 Å². The summed E-state index contributed by atoms with van der Waals surface area (Å²) in [6.07, 6.45) is 27.8. The molecule has 208 valence electrons. The monoisotopic (exact) mass is 500 g/mol. The van der Waals surface area contributed by atoms with Gasteiger partial charge in [0.15, 0.2) is 0 Å². The van der Waals surface area contributed by atoms with Gasteiger partial charge in [-0.1, -0.05) is 167 Å². The van der Waals surface area contributed by atoms with Crippen LogP contribution in [0.1, 0.15) is 167 Å². The number of esters is 1. The number of benzene rings is 1. The highest BCUT2D eigenvalue weighted by Crippen LogP contribution is 2.24. The maximum absolute atomic E-state index is 12.9. The van der Waals surface area contributed by atoms with Gasteiger partial charge < -0.3 is 4.74 Å². The average molecular weight is 501 g/mol. The second kappa shape index (κ2) is 24.1. The minimum Gasteiger partial charge on any atom is -0.465 e. The number of carbonyl (C=O) groups is 1. The maximum atomic E-state index is 12.9. The van der Waals surface area contributed by atoms with E-state index in [1.54, 1.807) is 0 Å². The smallest absolute Gasteiger partial charge is 0.313 e. The highest BCUT2D eigenvalue weighted by molar-refractivity contribution is 5.78. The number of rotatable bonds is 25. The van der Waals surface area contributed by atoms with Crippen molar-refractivity contribution in [2.24, 2.45) is 5.92 Å². The van der Waals surface area contributed by atoms with Gasteiger partial charge in [-0.3, -0.25) is 4.79 Å². The summed E-state index contributed by atoms with van der Waals surface area (Å²) in [5.41, 5.74) is 1.08. The van der Waals surface area contributed by atoms with Crippen molar-refractivity contribution in [3.8, 4) is 0 Å². The molecule has 36 heavy (non-hydrogen) atoms. The van der Waals surface area contributed by atoms with Crippen molar-refractivity contribution in [1.29, 1.82) is 0 Å². The zero-order chi connectivity index (χ0) is 26.1. The standard InChI is InChI=1S/C34H60O2/c1-4-7-9-11-13-15-16-18-20-23-27-31(26-22-19-17-14-12-10-8-5-2)30-36-34(35)33(6-3)32-28-24-21-25-29-32/h21,24-25,28-29,31,33H,4-20,22-23,26-27,30H2,1-3H3. The normalized spacial score (nSPS) is 13.0. The van der Waals surface area contributed by atoms with Gasteiger partial charge in [-0.25, -0.2) is 0 Å². The quantitative estimate of drug-likeness (QED) is 0.0985.